The van der Waals surface area contributed by atoms with Crippen molar-refractivity contribution in [1.82, 2.24) is 14.9 Å². The fraction of sp³-hybridized carbons (Fsp3) is 0.588. The molecule has 142 valence electrons. The van der Waals surface area contributed by atoms with E-state index in [-0.39, 0.29) is 29.7 Å². The van der Waals surface area contributed by atoms with Crippen LogP contribution in [-0.4, -0.2) is 51.7 Å². The SMILES string of the molecule is CN=C(NCCS(=O)(=O)NCc1ccccc1)N1CCC(C)CC1.I. The highest BCUT2D eigenvalue weighted by atomic mass is 127. The Labute approximate surface area is 168 Å². The third kappa shape index (κ3) is 7.91. The van der Waals surface area contributed by atoms with Gasteiger partial charge >= 0.3 is 0 Å². The molecule has 2 N–H and O–H groups in total. The van der Waals surface area contributed by atoms with E-state index in [1.807, 2.05) is 30.3 Å². The van der Waals surface area contributed by atoms with Crippen molar-refractivity contribution in [3.63, 3.8) is 0 Å². The van der Waals surface area contributed by atoms with Gasteiger partial charge in [0.1, 0.15) is 0 Å². The maximum absolute atomic E-state index is 12.1. The molecule has 1 aliphatic rings. The van der Waals surface area contributed by atoms with E-state index in [2.05, 4.69) is 26.9 Å². The van der Waals surface area contributed by atoms with Gasteiger partial charge < -0.3 is 10.2 Å². The van der Waals surface area contributed by atoms with Gasteiger partial charge in [0.25, 0.3) is 0 Å². The van der Waals surface area contributed by atoms with E-state index in [9.17, 15) is 8.42 Å². The molecule has 0 aliphatic carbocycles. The average molecular weight is 480 g/mol. The summed E-state index contributed by atoms with van der Waals surface area (Å²) < 4.78 is 26.8. The van der Waals surface area contributed by atoms with Crippen LogP contribution in [0.5, 0.6) is 0 Å². The number of likely N-dealkylation sites (tertiary alicyclic amines) is 1. The molecule has 0 spiro atoms. The van der Waals surface area contributed by atoms with Crippen molar-refractivity contribution in [1.29, 1.82) is 0 Å². The number of nitrogens with zero attached hydrogens (tertiary/aromatic N) is 2. The van der Waals surface area contributed by atoms with Crippen LogP contribution >= 0.6 is 24.0 Å². The first kappa shape index (κ1) is 22.2. The highest BCUT2D eigenvalue weighted by Crippen LogP contribution is 2.15. The lowest BCUT2D eigenvalue weighted by atomic mass is 10.00. The summed E-state index contributed by atoms with van der Waals surface area (Å²) in [4.78, 5) is 6.46. The number of nitrogens with one attached hydrogen (secondary N) is 2. The molecule has 0 aromatic heterocycles. The van der Waals surface area contributed by atoms with E-state index in [1.54, 1.807) is 7.05 Å². The zero-order chi connectivity index (χ0) is 17.4. The highest BCUT2D eigenvalue weighted by Gasteiger charge is 2.19. The lowest BCUT2D eigenvalue weighted by Gasteiger charge is -2.32. The molecular weight excluding hydrogens is 451 g/mol. The van der Waals surface area contributed by atoms with Crippen molar-refractivity contribution in [2.45, 2.75) is 26.3 Å². The predicted octanol–water partition coefficient (Wildman–Crippen LogP) is 2.03. The lowest BCUT2D eigenvalue weighted by molar-refractivity contribution is 0.274. The molecule has 0 amide bonds. The molecule has 1 aliphatic heterocycles. The molecule has 1 saturated heterocycles. The molecule has 2 rings (SSSR count). The molecule has 0 bridgehead atoms. The summed E-state index contributed by atoms with van der Waals surface area (Å²) in [5.74, 6) is 1.57. The predicted molar refractivity (Wildman–Crippen MR) is 114 cm³/mol. The Kier molecular flexibility index (Phi) is 9.73. The second-order valence-corrected chi connectivity index (χ2v) is 8.20. The van der Waals surface area contributed by atoms with Crippen LogP contribution in [0.2, 0.25) is 0 Å². The van der Waals surface area contributed by atoms with Gasteiger partial charge in [-0.2, -0.15) is 0 Å². The summed E-state index contributed by atoms with van der Waals surface area (Å²) in [7, 11) is -1.57. The van der Waals surface area contributed by atoms with Crippen molar-refractivity contribution < 1.29 is 8.42 Å². The molecular formula is C17H29IN4O2S. The van der Waals surface area contributed by atoms with Crippen molar-refractivity contribution in [2.24, 2.45) is 10.9 Å². The number of halogens is 1. The van der Waals surface area contributed by atoms with Gasteiger partial charge in [-0.05, 0) is 24.3 Å². The van der Waals surface area contributed by atoms with E-state index < -0.39 is 10.0 Å². The Hall–Kier alpha value is -0.870. The van der Waals surface area contributed by atoms with Gasteiger partial charge in [0.15, 0.2) is 5.96 Å². The molecule has 0 saturated carbocycles. The quantitative estimate of drug-likeness (QED) is 0.372. The van der Waals surface area contributed by atoms with Gasteiger partial charge in [-0.3, -0.25) is 4.99 Å². The molecule has 1 aromatic rings. The van der Waals surface area contributed by atoms with E-state index >= 15 is 0 Å². The Morgan fingerprint density at radius 1 is 1.24 bits per heavy atom. The maximum atomic E-state index is 12.1. The summed E-state index contributed by atoms with van der Waals surface area (Å²) in [6.45, 7) is 4.88. The zero-order valence-corrected chi connectivity index (χ0v) is 18.1. The molecule has 1 heterocycles. The second-order valence-electron chi connectivity index (χ2n) is 6.27. The Morgan fingerprint density at radius 2 is 1.88 bits per heavy atom. The van der Waals surface area contributed by atoms with Crippen LogP contribution in [0.25, 0.3) is 0 Å². The number of aliphatic imine (C=N–C) groups is 1. The first-order chi connectivity index (χ1) is 11.5. The minimum absolute atomic E-state index is 0. The van der Waals surface area contributed by atoms with Gasteiger partial charge in [-0.25, -0.2) is 13.1 Å². The highest BCUT2D eigenvalue weighted by molar-refractivity contribution is 14.0. The van der Waals surface area contributed by atoms with Gasteiger partial charge in [-0.15, -0.1) is 24.0 Å². The third-order valence-corrected chi connectivity index (χ3v) is 5.61. The Morgan fingerprint density at radius 3 is 2.48 bits per heavy atom. The van der Waals surface area contributed by atoms with Crippen molar-refractivity contribution in [2.75, 3.05) is 32.4 Å². The van der Waals surface area contributed by atoms with Crippen LogP contribution in [0.4, 0.5) is 0 Å². The molecule has 0 unspecified atom stereocenters. The number of guanidine groups is 1. The fourth-order valence-corrected chi connectivity index (χ4v) is 3.61. The van der Waals surface area contributed by atoms with Gasteiger partial charge in [0, 0.05) is 33.2 Å². The molecule has 0 atom stereocenters. The van der Waals surface area contributed by atoms with Crippen LogP contribution in [0.1, 0.15) is 25.3 Å². The smallest absolute Gasteiger partial charge is 0.213 e. The van der Waals surface area contributed by atoms with Crippen molar-refractivity contribution in [3.05, 3.63) is 35.9 Å². The van der Waals surface area contributed by atoms with Crippen LogP contribution in [0.3, 0.4) is 0 Å². The van der Waals surface area contributed by atoms with Crippen LogP contribution in [0.15, 0.2) is 35.3 Å². The minimum atomic E-state index is -3.31. The van der Waals surface area contributed by atoms with Crippen molar-refractivity contribution in [3.8, 4) is 0 Å². The van der Waals surface area contributed by atoms with E-state index in [0.29, 0.717) is 13.1 Å². The summed E-state index contributed by atoms with van der Waals surface area (Å²) >= 11 is 0. The number of sulfonamides is 1. The monoisotopic (exact) mass is 480 g/mol. The topological polar surface area (TPSA) is 73.8 Å². The van der Waals surface area contributed by atoms with E-state index in [1.165, 1.54) is 0 Å². The molecule has 6 nitrogen and oxygen atoms in total. The van der Waals surface area contributed by atoms with Gasteiger partial charge in [-0.1, -0.05) is 37.3 Å². The number of benzene rings is 1. The van der Waals surface area contributed by atoms with Gasteiger partial charge in [0.2, 0.25) is 10.0 Å². The normalized spacial score (nSPS) is 16.4. The maximum Gasteiger partial charge on any atom is 0.213 e. The Bertz CT molecular complexity index is 629. The minimum Gasteiger partial charge on any atom is -0.355 e. The van der Waals surface area contributed by atoms with Crippen LogP contribution in [0, 0.1) is 5.92 Å². The largest absolute Gasteiger partial charge is 0.355 e. The number of hydrogen-bond donors (Lipinski definition) is 2. The number of rotatable bonds is 6. The summed E-state index contributed by atoms with van der Waals surface area (Å²) in [5.41, 5.74) is 0.951. The van der Waals surface area contributed by atoms with Crippen molar-refractivity contribution >= 4 is 40.0 Å². The summed E-state index contributed by atoms with van der Waals surface area (Å²) in [5, 5.41) is 3.17. The zero-order valence-electron chi connectivity index (χ0n) is 14.9. The standard InChI is InChI=1S/C17H28N4O2S.HI/c1-15-8-11-21(12-9-15)17(18-2)19-10-13-24(22,23)20-14-16-6-4-3-5-7-16;/h3-7,15,20H,8-14H2,1-2H3,(H,18,19);1H. The average Bonchev–Trinajstić information content (AvgIpc) is 2.59. The second kappa shape index (κ2) is 11.0. The van der Waals surface area contributed by atoms with E-state index in [4.69, 9.17) is 0 Å². The molecule has 1 aromatic carbocycles. The third-order valence-electron chi connectivity index (χ3n) is 4.29. The fourth-order valence-electron chi connectivity index (χ4n) is 2.71. The number of hydrogen-bond acceptors (Lipinski definition) is 3. The molecule has 8 heteroatoms. The van der Waals surface area contributed by atoms with Gasteiger partial charge in [0.05, 0.1) is 5.75 Å². The first-order valence-electron chi connectivity index (χ1n) is 8.47. The molecule has 0 radical (unpaired) electrons. The summed E-state index contributed by atoms with van der Waals surface area (Å²) in [6, 6.07) is 9.51. The summed E-state index contributed by atoms with van der Waals surface area (Å²) in [6.07, 6.45) is 2.30. The lowest BCUT2D eigenvalue weighted by Crippen LogP contribution is -2.46. The van der Waals surface area contributed by atoms with Crippen LogP contribution in [-0.2, 0) is 16.6 Å². The van der Waals surface area contributed by atoms with E-state index in [0.717, 1.165) is 43.4 Å². The first-order valence-corrected chi connectivity index (χ1v) is 10.1. The van der Waals surface area contributed by atoms with Crippen LogP contribution < -0.4 is 10.0 Å². The molecule has 1 fully saturated rings. The molecule has 25 heavy (non-hydrogen) atoms. The number of piperidine rings is 1. The Balaban J connectivity index is 0.00000312.